The van der Waals surface area contributed by atoms with Crippen molar-refractivity contribution in [3.05, 3.63) is 96.2 Å². The van der Waals surface area contributed by atoms with Crippen LogP contribution in [0.4, 0.5) is 11.4 Å². The van der Waals surface area contributed by atoms with Gasteiger partial charge in [0.1, 0.15) is 11.6 Å². The molecule has 0 spiro atoms. The number of para-hydroxylation sites is 1. The molecule has 0 saturated heterocycles. The fourth-order valence-corrected chi connectivity index (χ4v) is 3.34. The molecule has 1 amide bonds. The maximum Gasteiger partial charge on any atom is 0.267 e. The molecular weight excluding hydrogens is 366 g/mol. The summed E-state index contributed by atoms with van der Waals surface area (Å²) < 4.78 is 0. The SMILES string of the molecule is Cc1ccc(N/C=C(/C#N)C(=O)Nc2ccccc2Sc2ccccc2)cc1. The number of hydrogen-bond donors (Lipinski definition) is 2. The third kappa shape index (κ3) is 5.26. The molecule has 3 aromatic rings. The molecule has 0 atom stereocenters. The minimum atomic E-state index is -0.455. The van der Waals surface area contributed by atoms with E-state index in [9.17, 15) is 10.1 Å². The highest BCUT2D eigenvalue weighted by Gasteiger charge is 2.12. The summed E-state index contributed by atoms with van der Waals surface area (Å²) in [5.41, 5.74) is 2.62. The zero-order valence-electron chi connectivity index (χ0n) is 15.3. The molecule has 0 unspecified atom stereocenters. The molecule has 0 aliphatic carbocycles. The van der Waals surface area contributed by atoms with Crippen molar-refractivity contribution in [3.8, 4) is 6.07 Å². The Morgan fingerprint density at radius 1 is 0.964 bits per heavy atom. The molecule has 0 fully saturated rings. The Bertz CT molecular complexity index is 1020. The van der Waals surface area contributed by atoms with Gasteiger partial charge in [0.25, 0.3) is 5.91 Å². The number of carbonyl (C=O) groups is 1. The number of amides is 1. The smallest absolute Gasteiger partial charge is 0.267 e. The number of nitrogens with zero attached hydrogens (tertiary/aromatic N) is 1. The molecule has 0 bridgehead atoms. The van der Waals surface area contributed by atoms with Gasteiger partial charge in [-0.2, -0.15) is 5.26 Å². The van der Waals surface area contributed by atoms with Crippen molar-refractivity contribution in [3.63, 3.8) is 0 Å². The predicted molar refractivity (Wildman–Crippen MR) is 114 cm³/mol. The highest BCUT2D eigenvalue weighted by Crippen LogP contribution is 2.33. The van der Waals surface area contributed by atoms with Gasteiger partial charge < -0.3 is 10.6 Å². The normalized spacial score (nSPS) is 10.8. The van der Waals surface area contributed by atoms with E-state index in [4.69, 9.17) is 0 Å². The number of benzene rings is 3. The molecule has 0 aliphatic heterocycles. The quantitative estimate of drug-likeness (QED) is 0.428. The van der Waals surface area contributed by atoms with Gasteiger partial charge in [-0.15, -0.1) is 0 Å². The highest BCUT2D eigenvalue weighted by molar-refractivity contribution is 7.99. The van der Waals surface area contributed by atoms with E-state index < -0.39 is 5.91 Å². The van der Waals surface area contributed by atoms with Gasteiger partial charge in [0.05, 0.1) is 5.69 Å². The monoisotopic (exact) mass is 385 g/mol. The Morgan fingerprint density at radius 3 is 2.36 bits per heavy atom. The van der Waals surface area contributed by atoms with Crippen LogP contribution in [0.5, 0.6) is 0 Å². The van der Waals surface area contributed by atoms with Crippen molar-refractivity contribution in [2.75, 3.05) is 10.6 Å². The molecule has 3 aromatic carbocycles. The van der Waals surface area contributed by atoms with Gasteiger partial charge in [-0.3, -0.25) is 4.79 Å². The van der Waals surface area contributed by atoms with Gasteiger partial charge in [-0.1, -0.05) is 59.8 Å². The minimum absolute atomic E-state index is 0.0000826. The summed E-state index contributed by atoms with van der Waals surface area (Å²) in [6, 6.07) is 27.1. The molecule has 0 heterocycles. The second-order valence-corrected chi connectivity index (χ2v) is 7.16. The van der Waals surface area contributed by atoms with E-state index in [0.29, 0.717) is 5.69 Å². The summed E-state index contributed by atoms with van der Waals surface area (Å²) in [6.45, 7) is 2.00. The summed E-state index contributed by atoms with van der Waals surface area (Å²) in [7, 11) is 0. The molecule has 4 nitrogen and oxygen atoms in total. The third-order valence-corrected chi connectivity index (χ3v) is 4.99. The molecule has 0 saturated carbocycles. The van der Waals surface area contributed by atoms with E-state index >= 15 is 0 Å². The lowest BCUT2D eigenvalue weighted by atomic mass is 10.2. The van der Waals surface area contributed by atoms with Crippen molar-refractivity contribution >= 4 is 29.0 Å². The van der Waals surface area contributed by atoms with E-state index in [1.54, 1.807) is 11.8 Å². The summed E-state index contributed by atoms with van der Waals surface area (Å²) >= 11 is 1.55. The van der Waals surface area contributed by atoms with Crippen molar-refractivity contribution in [1.29, 1.82) is 5.26 Å². The van der Waals surface area contributed by atoms with Crippen molar-refractivity contribution in [2.24, 2.45) is 0 Å². The van der Waals surface area contributed by atoms with Crippen molar-refractivity contribution in [1.82, 2.24) is 0 Å². The number of hydrogen-bond acceptors (Lipinski definition) is 4. The standard InChI is InChI=1S/C23H19N3OS/c1-17-11-13-19(14-12-17)25-16-18(15-24)23(27)26-21-9-5-6-10-22(21)28-20-7-3-2-4-8-20/h2-14,16,25H,1H3,(H,26,27)/b18-16-. The minimum Gasteiger partial charge on any atom is -0.360 e. The van der Waals surface area contributed by atoms with Crippen LogP contribution in [0, 0.1) is 18.3 Å². The van der Waals surface area contributed by atoms with E-state index in [1.807, 2.05) is 91.9 Å². The Kier molecular flexibility index (Phi) is 6.50. The van der Waals surface area contributed by atoms with E-state index in [1.165, 1.54) is 6.20 Å². The maximum absolute atomic E-state index is 12.6. The lowest BCUT2D eigenvalue weighted by Crippen LogP contribution is -2.15. The van der Waals surface area contributed by atoms with Crippen LogP contribution < -0.4 is 10.6 Å². The number of carbonyl (C=O) groups excluding carboxylic acids is 1. The van der Waals surface area contributed by atoms with Crippen molar-refractivity contribution < 1.29 is 4.79 Å². The number of nitriles is 1. The van der Waals surface area contributed by atoms with Crippen molar-refractivity contribution in [2.45, 2.75) is 16.7 Å². The van der Waals surface area contributed by atoms with E-state index in [-0.39, 0.29) is 5.57 Å². The fraction of sp³-hybridized carbons (Fsp3) is 0.0435. The summed E-state index contributed by atoms with van der Waals surface area (Å²) in [6.07, 6.45) is 1.42. The first-order valence-electron chi connectivity index (χ1n) is 8.72. The molecular formula is C23H19N3OS. The van der Waals surface area contributed by atoms with E-state index in [2.05, 4.69) is 10.6 Å². The van der Waals surface area contributed by atoms with Crippen LogP contribution in [0.3, 0.4) is 0 Å². The lowest BCUT2D eigenvalue weighted by molar-refractivity contribution is -0.112. The number of nitrogens with one attached hydrogen (secondary N) is 2. The largest absolute Gasteiger partial charge is 0.360 e. The average molecular weight is 385 g/mol. The van der Waals surface area contributed by atoms with Gasteiger partial charge in [0.15, 0.2) is 0 Å². The number of anilines is 2. The average Bonchev–Trinajstić information content (AvgIpc) is 2.72. The molecule has 28 heavy (non-hydrogen) atoms. The van der Waals surface area contributed by atoms with Gasteiger partial charge in [0, 0.05) is 21.7 Å². The van der Waals surface area contributed by atoms with Crippen LogP contribution in [-0.4, -0.2) is 5.91 Å². The van der Waals surface area contributed by atoms with Gasteiger partial charge >= 0.3 is 0 Å². The van der Waals surface area contributed by atoms with Crippen LogP contribution in [0.25, 0.3) is 0 Å². The molecule has 0 radical (unpaired) electrons. The Balaban J connectivity index is 1.73. The summed E-state index contributed by atoms with van der Waals surface area (Å²) in [5, 5.41) is 15.2. The Morgan fingerprint density at radius 2 is 1.64 bits per heavy atom. The second-order valence-electron chi connectivity index (χ2n) is 6.05. The topological polar surface area (TPSA) is 64.9 Å². The maximum atomic E-state index is 12.6. The summed E-state index contributed by atoms with van der Waals surface area (Å²) in [5.74, 6) is -0.455. The fourth-order valence-electron chi connectivity index (χ4n) is 2.42. The zero-order chi connectivity index (χ0) is 19.8. The van der Waals surface area contributed by atoms with Crippen LogP contribution >= 0.6 is 11.8 Å². The van der Waals surface area contributed by atoms with Crippen LogP contribution in [-0.2, 0) is 4.79 Å². The molecule has 0 aromatic heterocycles. The third-order valence-electron chi connectivity index (χ3n) is 3.91. The first kappa shape index (κ1) is 19.3. The Labute approximate surface area is 168 Å². The first-order chi connectivity index (χ1) is 13.7. The molecule has 0 aliphatic rings. The molecule has 3 rings (SSSR count). The van der Waals surface area contributed by atoms with Gasteiger partial charge in [0.2, 0.25) is 0 Å². The zero-order valence-corrected chi connectivity index (χ0v) is 16.2. The second kappa shape index (κ2) is 9.45. The van der Waals surface area contributed by atoms with E-state index in [0.717, 1.165) is 21.0 Å². The number of rotatable bonds is 6. The first-order valence-corrected chi connectivity index (χ1v) is 9.54. The van der Waals surface area contributed by atoms with Gasteiger partial charge in [-0.05, 0) is 43.3 Å². The van der Waals surface area contributed by atoms with Crippen LogP contribution in [0.15, 0.2) is 100 Å². The van der Waals surface area contributed by atoms with Crippen LogP contribution in [0.2, 0.25) is 0 Å². The number of aryl methyl sites for hydroxylation is 1. The lowest BCUT2D eigenvalue weighted by Gasteiger charge is -2.10. The van der Waals surface area contributed by atoms with Crippen LogP contribution in [0.1, 0.15) is 5.56 Å². The molecule has 5 heteroatoms. The summed E-state index contributed by atoms with van der Waals surface area (Å²) in [4.78, 5) is 14.6. The molecule has 138 valence electrons. The van der Waals surface area contributed by atoms with Gasteiger partial charge in [-0.25, -0.2) is 0 Å². The highest BCUT2D eigenvalue weighted by atomic mass is 32.2. The Hall–Kier alpha value is -3.49. The predicted octanol–water partition coefficient (Wildman–Crippen LogP) is 5.60. The molecule has 2 N–H and O–H groups in total.